The lowest BCUT2D eigenvalue weighted by molar-refractivity contribution is -0.137. The van der Waals surface area contributed by atoms with E-state index in [1.807, 2.05) is 36.1 Å². The average molecular weight is 494 g/mol. The third kappa shape index (κ3) is 5.31. The van der Waals surface area contributed by atoms with E-state index in [0.29, 0.717) is 30.8 Å². The van der Waals surface area contributed by atoms with Crippen molar-refractivity contribution in [3.63, 3.8) is 0 Å². The van der Waals surface area contributed by atoms with Crippen LogP contribution in [0.2, 0.25) is 0 Å². The SMILES string of the molecule is Cc1ccc(C(=O)N2CCc3ccccc3C2)c(C2CCN(Cc3cccc(C(F)(F)F)c3)CC2)n1. The quantitative estimate of drug-likeness (QED) is 0.448. The third-order valence-corrected chi connectivity index (χ3v) is 7.35. The molecule has 2 aliphatic rings. The molecule has 1 fully saturated rings. The molecule has 2 aliphatic heterocycles. The number of hydrogen-bond acceptors (Lipinski definition) is 3. The van der Waals surface area contributed by atoms with Crippen LogP contribution < -0.4 is 0 Å². The van der Waals surface area contributed by atoms with Crippen molar-refractivity contribution in [3.8, 4) is 0 Å². The summed E-state index contributed by atoms with van der Waals surface area (Å²) in [6.07, 6.45) is -1.85. The summed E-state index contributed by atoms with van der Waals surface area (Å²) in [4.78, 5) is 22.5. The smallest absolute Gasteiger partial charge is 0.334 e. The molecule has 36 heavy (non-hydrogen) atoms. The second-order valence-corrected chi connectivity index (χ2v) is 9.88. The monoisotopic (exact) mass is 493 g/mol. The van der Waals surface area contributed by atoms with Gasteiger partial charge in [0.15, 0.2) is 0 Å². The molecule has 1 amide bonds. The Morgan fingerprint density at radius 2 is 1.72 bits per heavy atom. The Morgan fingerprint density at radius 1 is 0.972 bits per heavy atom. The van der Waals surface area contributed by atoms with Gasteiger partial charge in [0.2, 0.25) is 0 Å². The van der Waals surface area contributed by atoms with Gasteiger partial charge in [0.25, 0.3) is 5.91 Å². The van der Waals surface area contributed by atoms with Crippen molar-refractivity contribution < 1.29 is 18.0 Å². The summed E-state index contributed by atoms with van der Waals surface area (Å²) in [5.41, 5.74) is 4.98. The molecule has 0 saturated carbocycles. The molecule has 0 atom stereocenters. The van der Waals surface area contributed by atoms with Gasteiger partial charge in [-0.2, -0.15) is 13.2 Å². The number of hydrogen-bond donors (Lipinski definition) is 0. The first-order chi connectivity index (χ1) is 17.3. The van der Waals surface area contributed by atoms with Crippen LogP contribution >= 0.6 is 0 Å². The summed E-state index contributed by atoms with van der Waals surface area (Å²) < 4.78 is 39.2. The topological polar surface area (TPSA) is 36.4 Å². The first-order valence-electron chi connectivity index (χ1n) is 12.5. The standard InChI is InChI=1S/C29H30F3N3O/c1-20-9-10-26(28(36)35-16-13-22-6-2-3-7-24(22)19-35)27(33-20)23-11-14-34(15-12-23)18-21-5-4-8-25(17-21)29(30,31)32/h2-10,17,23H,11-16,18-19H2,1H3. The van der Waals surface area contributed by atoms with Crippen LogP contribution in [0, 0.1) is 6.92 Å². The zero-order valence-electron chi connectivity index (χ0n) is 20.4. The highest BCUT2D eigenvalue weighted by Gasteiger charge is 2.31. The van der Waals surface area contributed by atoms with Gasteiger partial charge in [0.05, 0.1) is 16.8 Å². The largest absolute Gasteiger partial charge is 0.416 e. The van der Waals surface area contributed by atoms with E-state index in [1.165, 1.54) is 23.3 Å². The summed E-state index contributed by atoms with van der Waals surface area (Å²) in [6.45, 7) is 5.23. The number of carbonyl (C=O) groups excluding carboxylic acids is 1. The number of likely N-dealkylation sites (tertiary alicyclic amines) is 1. The van der Waals surface area contributed by atoms with E-state index in [9.17, 15) is 18.0 Å². The zero-order chi connectivity index (χ0) is 25.3. The van der Waals surface area contributed by atoms with Crippen LogP contribution in [0.3, 0.4) is 0 Å². The molecule has 3 aromatic rings. The Hall–Kier alpha value is -3.19. The number of pyridine rings is 1. The number of nitrogens with zero attached hydrogens (tertiary/aromatic N) is 3. The lowest BCUT2D eigenvalue weighted by Crippen LogP contribution is -2.37. The number of rotatable bonds is 4. The maximum atomic E-state index is 13.6. The third-order valence-electron chi connectivity index (χ3n) is 7.35. The number of aromatic nitrogens is 1. The normalized spacial score (nSPS) is 17.2. The van der Waals surface area contributed by atoms with Crippen LogP contribution in [0.15, 0.2) is 60.7 Å². The predicted molar refractivity (Wildman–Crippen MR) is 133 cm³/mol. The molecular formula is C29H30F3N3O. The van der Waals surface area contributed by atoms with E-state index in [2.05, 4.69) is 17.0 Å². The fraction of sp³-hybridized carbons (Fsp3) is 0.379. The second kappa shape index (κ2) is 10.1. The number of fused-ring (bicyclic) bond motifs is 1. The maximum Gasteiger partial charge on any atom is 0.416 e. The number of piperidine rings is 1. The van der Waals surface area contributed by atoms with Gasteiger partial charge in [-0.15, -0.1) is 0 Å². The number of halogens is 3. The van der Waals surface area contributed by atoms with Crippen molar-refractivity contribution in [2.24, 2.45) is 0 Å². The Balaban J connectivity index is 1.27. The molecule has 4 nitrogen and oxygen atoms in total. The van der Waals surface area contributed by atoms with E-state index >= 15 is 0 Å². The minimum Gasteiger partial charge on any atom is -0.334 e. The van der Waals surface area contributed by atoms with Crippen LogP contribution in [0.25, 0.3) is 0 Å². The van der Waals surface area contributed by atoms with Gasteiger partial charge >= 0.3 is 6.18 Å². The van der Waals surface area contributed by atoms with E-state index in [0.717, 1.165) is 49.8 Å². The molecule has 0 aliphatic carbocycles. The van der Waals surface area contributed by atoms with Crippen LogP contribution in [0.1, 0.15) is 62.8 Å². The number of alkyl halides is 3. The van der Waals surface area contributed by atoms with E-state index < -0.39 is 11.7 Å². The average Bonchev–Trinajstić information content (AvgIpc) is 2.88. The molecule has 1 aromatic heterocycles. The lowest BCUT2D eigenvalue weighted by atomic mass is 9.89. The van der Waals surface area contributed by atoms with E-state index in [1.54, 1.807) is 6.07 Å². The molecule has 7 heteroatoms. The summed E-state index contributed by atoms with van der Waals surface area (Å²) in [5, 5.41) is 0. The molecule has 3 heterocycles. The zero-order valence-corrected chi connectivity index (χ0v) is 20.4. The molecule has 0 spiro atoms. The van der Waals surface area contributed by atoms with Gasteiger partial charge in [-0.1, -0.05) is 42.5 Å². The highest BCUT2D eigenvalue weighted by atomic mass is 19.4. The van der Waals surface area contributed by atoms with Crippen molar-refractivity contribution >= 4 is 5.91 Å². The van der Waals surface area contributed by atoms with E-state index in [-0.39, 0.29) is 11.8 Å². The van der Waals surface area contributed by atoms with Gasteiger partial charge in [-0.05, 0) is 74.2 Å². The van der Waals surface area contributed by atoms with Crippen molar-refractivity contribution in [2.75, 3.05) is 19.6 Å². The minimum absolute atomic E-state index is 0.0263. The molecule has 1 saturated heterocycles. The number of aryl methyl sites for hydroxylation is 1. The fourth-order valence-corrected chi connectivity index (χ4v) is 5.38. The summed E-state index contributed by atoms with van der Waals surface area (Å²) in [7, 11) is 0. The second-order valence-electron chi connectivity index (χ2n) is 9.88. The fourth-order valence-electron chi connectivity index (χ4n) is 5.38. The Kier molecular flexibility index (Phi) is 6.84. The van der Waals surface area contributed by atoms with Gasteiger partial charge < -0.3 is 4.90 Å². The van der Waals surface area contributed by atoms with Gasteiger partial charge in [-0.3, -0.25) is 14.7 Å². The lowest BCUT2D eigenvalue weighted by Gasteiger charge is -2.34. The molecule has 5 rings (SSSR count). The van der Waals surface area contributed by atoms with Crippen LogP contribution in [-0.2, 0) is 25.7 Å². The molecule has 188 valence electrons. The number of benzene rings is 2. The first kappa shape index (κ1) is 24.5. The molecular weight excluding hydrogens is 463 g/mol. The minimum atomic E-state index is -4.33. The van der Waals surface area contributed by atoms with Gasteiger partial charge in [0, 0.05) is 31.2 Å². The molecule has 0 bridgehead atoms. The van der Waals surface area contributed by atoms with Gasteiger partial charge in [0.1, 0.15) is 0 Å². The van der Waals surface area contributed by atoms with Crippen molar-refractivity contribution in [3.05, 3.63) is 99.9 Å². The Bertz CT molecular complexity index is 1250. The summed E-state index contributed by atoms with van der Waals surface area (Å²) >= 11 is 0. The highest BCUT2D eigenvalue weighted by molar-refractivity contribution is 5.95. The van der Waals surface area contributed by atoms with Crippen molar-refractivity contribution in [1.29, 1.82) is 0 Å². The van der Waals surface area contributed by atoms with Crippen molar-refractivity contribution in [2.45, 2.75) is 51.4 Å². The van der Waals surface area contributed by atoms with Crippen molar-refractivity contribution in [1.82, 2.24) is 14.8 Å². The first-order valence-corrected chi connectivity index (χ1v) is 12.5. The predicted octanol–water partition coefficient (Wildman–Crippen LogP) is 5.99. The number of amides is 1. The molecule has 0 N–H and O–H groups in total. The van der Waals surface area contributed by atoms with Crippen LogP contribution in [0.4, 0.5) is 13.2 Å². The van der Waals surface area contributed by atoms with E-state index in [4.69, 9.17) is 4.98 Å². The highest BCUT2D eigenvalue weighted by Crippen LogP contribution is 2.33. The Labute approximate surface area is 209 Å². The molecule has 0 unspecified atom stereocenters. The summed E-state index contributed by atoms with van der Waals surface area (Å²) in [5.74, 6) is 0.178. The van der Waals surface area contributed by atoms with Crippen LogP contribution in [0.5, 0.6) is 0 Å². The van der Waals surface area contributed by atoms with Crippen LogP contribution in [-0.4, -0.2) is 40.3 Å². The Morgan fingerprint density at radius 3 is 2.47 bits per heavy atom. The maximum absolute atomic E-state index is 13.6. The molecule has 0 radical (unpaired) electrons. The molecule has 2 aromatic carbocycles. The number of carbonyl (C=O) groups is 1. The van der Waals surface area contributed by atoms with Gasteiger partial charge in [-0.25, -0.2) is 0 Å². The summed E-state index contributed by atoms with van der Waals surface area (Å²) in [6, 6.07) is 17.6.